The summed E-state index contributed by atoms with van der Waals surface area (Å²) in [5.74, 6) is 1.94. The largest absolute Gasteiger partial charge is 0.311 e. The molecule has 0 amide bonds. The lowest BCUT2D eigenvalue weighted by Crippen LogP contribution is -2.54. The van der Waals surface area contributed by atoms with Crippen LogP contribution in [0.25, 0.3) is 0 Å². The Balaban J connectivity index is 2.06. The van der Waals surface area contributed by atoms with Gasteiger partial charge in [0, 0.05) is 5.54 Å². The first-order valence-corrected chi connectivity index (χ1v) is 5.46. The van der Waals surface area contributed by atoms with Gasteiger partial charge in [0.2, 0.25) is 0 Å². The van der Waals surface area contributed by atoms with Crippen LogP contribution in [0.4, 0.5) is 0 Å². The van der Waals surface area contributed by atoms with Gasteiger partial charge in [-0.05, 0) is 57.4 Å². The topological polar surface area (TPSA) is 12.0 Å². The summed E-state index contributed by atoms with van der Waals surface area (Å²) in [7, 11) is 0. The van der Waals surface area contributed by atoms with Crippen LogP contribution in [-0.4, -0.2) is 12.1 Å². The van der Waals surface area contributed by atoms with E-state index in [1.54, 1.807) is 0 Å². The minimum atomic E-state index is 0.505. The molecule has 2 rings (SSSR count). The standard InChI is InChI=1S/C11H21N/c1-9-5-6-11(2)10(8-9)4-3-7-12-11/h9-10,12H,3-8H2,1-2H3. The maximum absolute atomic E-state index is 3.72. The fraction of sp³-hybridized carbons (Fsp3) is 1.00. The molecule has 3 atom stereocenters. The summed E-state index contributed by atoms with van der Waals surface area (Å²) < 4.78 is 0. The second-order valence-corrected chi connectivity index (χ2v) is 5.06. The molecule has 70 valence electrons. The summed E-state index contributed by atoms with van der Waals surface area (Å²) in [6.07, 6.45) is 7.16. The Bertz CT molecular complexity index is 166. The van der Waals surface area contributed by atoms with Gasteiger partial charge >= 0.3 is 0 Å². The highest BCUT2D eigenvalue weighted by Gasteiger charge is 2.39. The van der Waals surface area contributed by atoms with Crippen molar-refractivity contribution < 1.29 is 0 Å². The normalized spacial score (nSPS) is 48.5. The van der Waals surface area contributed by atoms with Gasteiger partial charge in [-0.15, -0.1) is 0 Å². The third-order valence-electron chi connectivity index (χ3n) is 4.00. The number of nitrogens with one attached hydrogen (secondary N) is 1. The third kappa shape index (κ3) is 1.39. The molecule has 2 aliphatic rings. The van der Waals surface area contributed by atoms with Crippen LogP contribution in [0, 0.1) is 11.8 Å². The minimum absolute atomic E-state index is 0.505. The van der Waals surface area contributed by atoms with Crippen molar-refractivity contribution in [3.63, 3.8) is 0 Å². The molecule has 1 saturated heterocycles. The van der Waals surface area contributed by atoms with Crippen molar-refractivity contribution in [1.82, 2.24) is 5.32 Å². The second-order valence-electron chi connectivity index (χ2n) is 5.06. The van der Waals surface area contributed by atoms with E-state index in [2.05, 4.69) is 19.2 Å². The van der Waals surface area contributed by atoms with E-state index in [1.807, 2.05) is 0 Å². The van der Waals surface area contributed by atoms with E-state index in [0.29, 0.717) is 5.54 Å². The third-order valence-corrected chi connectivity index (χ3v) is 4.00. The molecular formula is C11H21N. The molecule has 1 saturated carbocycles. The zero-order valence-corrected chi connectivity index (χ0v) is 8.40. The molecule has 0 radical (unpaired) electrons. The highest BCUT2D eigenvalue weighted by atomic mass is 15.0. The number of fused-ring (bicyclic) bond motifs is 1. The molecule has 0 aromatic carbocycles. The maximum Gasteiger partial charge on any atom is 0.0181 e. The summed E-state index contributed by atoms with van der Waals surface area (Å²) in [4.78, 5) is 0. The van der Waals surface area contributed by atoms with Crippen LogP contribution in [0.5, 0.6) is 0 Å². The Morgan fingerprint density at radius 2 is 2.17 bits per heavy atom. The first kappa shape index (κ1) is 8.55. The Labute approximate surface area is 75.9 Å². The first-order chi connectivity index (χ1) is 5.71. The van der Waals surface area contributed by atoms with Crippen molar-refractivity contribution in [3.8, 4) is 0 Å². The van der Waals surface area contributed by atoms with E-state index in [9.17, 15) is 0 Å². The molecule has 3 unspecified atom stereocenters. The van der Waals surface area contributed by atoms with E-state index in [-0.39, 0.29) is 0 Å². The quantitative estimate of drug-likeness (QED) is 0.584. The number of hydrogen-bond acceptors (Lipinski definition) is 1. The van der Waals surface area contributed by atoms with Gasteiger partial charge in [0.05, 0.1) is 0 Å². The molecule has 1 aliphatic heterocycles. The molecule has 1 nitrogen and oxygen atoms in total. The van der Waals surface area contributed by atoms with Gasteiger partial charge in [0.25, 0.3) is 0 Å². The lowest BCUT2D eigenvalue weighted by atomic mass is 9.67. The average molecular weight is 167 g/mol. The minimum Gasteiger partial charge on any atom is -0.311 e. The highest BCUT2D eigenvalue weighted by molar-refractivity contribution is 4.97. The van der Waals surface area contributed by atoms with Crippen molar-refractivity contribution in [2.24, 2.45) is 11.8 Å². The lowest BCUT2D eigenvalue weighted by Gasteiger charge is -2.47. The van der Waals surface area contributed by atoms with Crippen molar-refractivity contribution in [2.45, 2.75) is 51.5 Å². The zero-order chi connectivity index (χ0) is 8.60. The summed E-state index contributed by atoms with van der Waals surface area (Å²) >= 11 is 0. The van der Waals surface area contributed by atoms with Crippen molar-refractivity contribution in [1.29, 1.82) is 0 Å². The molecular weight excluding hydrogens is 146 g/mol. The Kier molecular flexibility index (Phi) is 2.16. The number of hydrogen-bond donors (Lipinski definition) is 1. The van der Waals surface area contributed by atoms with Crippen LogP contribution >= 0.6 is 0 Å². The summed E-state index contributed by atoms with van der Waals surface area (Å²) in [6, 6.07) is 0. The number of piperidine rings is 1. The smallest absolute Gasteiger partial charge is 0.0181 e. The van der Waals surface area contributed by atoms with Gasteiger partial charge in [-0.2, -0.15) is 0 Å². The molecule has 1 heteroatoms. The highest BCUT2D eigenvalue weighted by Crippen LogP contribution is 2.40. The van der Waals surface area contributed by atoms with Crippen LogP contribution < -0.4 is 5.32 Å². The van der Waals surface area contributed by atoms with E-state index >= 15 is 0 Å². The van der Waals surface area contributed by atoms with E-state index in [0.717, 1.165) is 11.8 Å². The predicted octanol–water partition coefficient (Wildman–Crippen LogP) is 2.56. The Morgan fingerprint density at radius 1 is 1.33 bits per heavy atom. The maximum atomic E-state index is 3.72. The van der Waals surface area contributed by atoms with Crippen molar-refractivity contribution in [3.05, 3.63) is 0 Å². The van der Waals surface area contributed by atoms with Gasteiger partial charge in [-0.1, -0.05) is 6.92 Å². The number of rotatable bonds is 0. The predicted molar refractivity (Wildman–Crippen MR) is 52.1 cm³/mol. The van der Waals surface area contributed by atoms with Crippen LogP contribution in [-0.2, 0) is 0 Å². The first-order valence-electron chi connectivity index (χ1n) is 5.46. The van der Waals surface area contributed by atoms with E-state index < -0.39 is 0 Å². The van der Waals surface area contributed by atoms with Crippen LogP contribution in [0.1, 0.15) is 46.0 Å². The van der Waals surface area contributed by atoms with Crippen molar-refractivity contribution in [2.75, 3.05) is 6.54 Å². The molecule has 0 aromatic heterocycles. The Hall–Kier alpha value is -0.0400. The van der Waals surface area contributed by atoms with Gasteiger partial charge in [-0.25, -0.2) is 0 Å². The summed E-state index contributed by atoms with van der Waals surface area (Å²) in [5.41, 5.74) is 0.505. The van der Waals surface area contributed by atoms with Gasteiger partial charge in [-0.3, -0.25) is 0 Å². The van der Waals surface area contributed by atoms with Crippen LogP contribution in [0.2, 0.25) is 0 Å². The fourth-order valence-electron chi connectivity index (χ4n) is 3.01. The second kappa shape index (κ2) is 3.02. The lowest BCUT2D eigenvalue weighted by molar-refractivity contribution is 0.0927. The van der Waals surface area contributed by atoms with E-state index in [4.69, 9.17) is 0 Å². The molecule has 2 fully saturated rings. The van der Waals surface area contributed by atoms with E-state index in [1.165, 1.54) is 38.6 Å². The Morgan fingerprint density at radius 3 is 3.00 bits per heavy atom. The average Bonchev–Trinajstić information content (AvgIpc) is 2.06. The summed E-state index contributed by atoms with van der Waals surface area (Å²) in [6.45, 7) is 6.10. The summed E-state index contributed by atoms with van der Waals surface area (Å²) in [5, 5.41) is 3.72. The van der Waals surface area contributed by atoms with Crippen molar-refractivity contribution >= 4 is 0 Å². The monoisotopic (exact) mass is 167 g/mol. The molecule has 1 heterocycles. The molecule has 0 aromatic rings. The molecule has 0 spiro atoms. The molecule has 1 aliphatic carbocycles. The van der Waals surface area contributed by atoms with Gasteiger partial charge < -0.3 is 5.32 Å². The van der Waals surface area contributed by atoms with Crippen LogP contribution in [0.15, 0.2) is 0 Å². The van der Waals surface area contributed by atoms with Gasteiger partial charge in [0.1, 0.15) is 0 Å². The zero-order valence-electron chi connectivity index (χ0n) is 8.40. The molecule has 1 N–H and O–H groups in total. The van der Waals surface area contributed by atoms with Gasteiger partial charge in [0.15, 0.2) is 0 Å². The molecule has 12 heavy (non-hydrogen) atoms. The molecule has 0 bridgehead atoms. The van der Waals surface area contributed by atoms with Crippen LogP contribution in [0.3, 0.4) is 0 Å². The SMILES string of the molecule is CC1CCC2(C)NCCCC2C1. The fourth-order valence-corrected chi connectivity index (χ4v) is 3.01.